The number of hydrogen-bond acceptors (Lipinski definition) is 1. The van der Waals surface area contributed by atoms with Crippen molar-refractivity contribution >= 4 is 17.9 Å². The number of aldehydes is 1. The Labute approximate surface area is 79.3 Å². The standard InChI is InChI=1S/C9H7ClF2O/c10-7(5-13)3-6-4-8(11)1-2-9(6)12/h1-2,4-5,7H,3H2. The smallest absolute Gasteiger partial charge is 0.138 e. The summed E-state index contributed by atoms with van der Waals surface area (Å²) in [6.07, 6.45) is 0.501. The minimum atomic E-state index is -0.809. The molecule has 4 heteroatoms. The summed E-state index contributed by atoms with van der Waals surface area (Å²) < 4.78 is 25.5. The molecule has 0 aliphatic heterocycles. The average molecular weight is 205 g/mol. The molecule has 70 valence electrons. The van der Waals surface area contributed by atoms with Crippen molar-refractivity contribution in [1.29, 1.82) is 0 Å². The van der Waals surface area contributed by atoms with E-state index in [0.717, 1.165) is 18.2 Å². The van der Waals surface area contributed by atoms with Crippen molar-refractivity contribution in [2.45, 2.75) is 11.8 Å². The predicted octanol–water partition coefficient (Wildman–Crippen LogP) is 2.31. The first kappa shape index (κ1) is 10.1. The van der Waals surface area contributed by atoms with E-state index in [4.69, 9.17) is 11.6 Å². The predicted molar refractivity (Wildman–Crippen MR) is 45.8 cm³/mol. The van der Waals surface area contributed by atoms with E-state index in [1.54, 1.807) is 0 Å². The first-order valence-electron chi connectivity index (χ1n) is 3.67. The Bertz CT molecular complexity index is 314. The fraction of sp³-hybridized carbons (Fsp3) is 0.222. The highest BCUT2D eigenvalue weighted by molar-refractivity contribution is 6.27. The van der Waals surface area contributed by atoms with E-state index in [2.05, 4.69) is 0 Å². The van der Waals surface area contributed by atoms with Crippen LogP contribution in [0.5, 0.6) is 0 Å². The van der Waals surface area contributed by atoms with Gasteiger partial charge in [-0.3, -0.25) is 0 Å². The summed E-state index contributed by atoms with van der Waals surface area (Å²) in [5.41, 5.74) is 0.118. The lowest BCUT2D eigenvalue weighted by molar-refractivity contribution is -0.107. The third kappa shape index (κ3) is 2.77. The summed E-state index contributed by atoms with van der Waals surface area (Å²) in [6, 6.07) is 3.07. The molecule has 0 saturated carbocycles. The number of alkyl halides is 1. The van der Waals surface area contributed by atoms with Gasteiger partial charge in [-0.05, 0) is 30.2 Å². The zero-order valence-electron chi connectivity index (χ0n) is 6.64. The number of rotatable bonds is 3. The molecule has 0 spiro atoms. The first-order valence-corrected chi connectivity index (χ1v) is 4.10. The summed E-state index contributed by atoms with van der Waals surface area (Å²) in [5.74, 6) is -1.08. The van der Waals surface area contributed by atoms with Gasteiger partial charge >= 0.3 is 0 Å². The van der Waals surface area contributed by atoms with E-state index < -0.39 is 17.0 Å². The van der Waals surface area contributed by atoms with Crippen molar-refractivity contribution in [1.82, 2.24) is 0 Å². The van der Waals surface area contributed by atoms with Crippen LogP contribution in [0.3, 0.4) is 0 Å². The Balaban J connectivity index is 2.86. The molecule has 1 aromatic rings. The summed E-state index contributed by atoms with van der Waals surface area (Å²) >= 11 is 5.47. The molecule has 13 heavy (non-hydrogen) atoms. The second kappa shape index (κ2) is 4.33. The molecular weight excluding hydrogens is 198 g/mol. The summed E-state index contributed by atoms with van der Waals surface area (Å²) in [7, 11) is 0. The van der Waals surface area contributed by atoms with E-state index in [-0.39, 0.29) is 12.0 Å². The largest absolute Gasteiger partial charge is 0.302 e. The maximum absolute atomic E-state index is 12.9. The van der Waals surface area contributed by atoms with Crippen molar-refractivity contribution in [3.63, 3.8) is 0 Å². The second-order valence-corrected chi connectivity index (χ2v) is 3.15. The number of benzene rings is 1. The van der Waals surface area contributed by atoms with Gasteiger partial charge in [-0.2, -0.15) is 0 Å². The van der Waals surface area contributed by atoms with Crippen LogP contribution in [-0.2, 0) is 11.2 Å². The van der Waals surface area contributed by atoms with Crippen LogP contribution in [0.25, 0.3) is 0 Å². The van der Waals surface area contributed by atoms with Crippen molar-refractivity contribution in [3.05, 3.63) is 35.4 Å². The Hall–Kier alpha value is -0.960. The molecule has 0 amide bonds. The van der Waals surface area contributed by atoms with Gasteiger partial charge in [0.15, 0.2) is 0 Å². The van der Waals surface area contributed by atoms with E-state index in [1.165, 1.54) is 0 Å². The molecule has 0 fully saturated rings. The lowest BCUT2D eigenvalue weighted by atomic mass is 10.1. The Morgan fingerprint density at radius 2 is 2.15 bits per heavy atom. The monoisotopic (exact) mass is 204 g/mol. The zero-order chi connectivity index (χ0) is 9.84. The Kier molecular flexibility index (Phi) is 3.37. The first-order chi connectivity index (χ1) is 6.13. The van der Waals surface area contributed by atoms with E-state index in [0.29, 0.717) is 6.29 Å². The topological polar surface area (TPSA) is 17.1 Å². The highest BCUT2D eigenvalue weighted by Crippen LogP contribution is 2.13. The average Bonchev–Trinajstić information content (AvgIpc) is 2.11. The summed E-state index contributed by atoms with van der Waals surface area (Å²) in [5, 5.41) is -0.809. The molecule has 0 saturated heterocycles. The molecule has 0 N–H and O–H groups in total. The van der Waals surface area contributed by atoms with Crippen LogP contribution in [-0.4, -0.2) is 11.7 Å². The summed E-state index contributed by atoms with van der Waals surface area (Å²) in [4.78, 5) is 10.2. The SMILES string of the molecule is O=CC(Cl)Cc1cc(F)ccc1F. The normalized spacial score (nSPS) is 12.5. The van der Waals surface area contributed by atoms with Crippen LogP contribution in [0.4, 0.5) is 8.78 Å². The fourth-order valence-corrected chi connectivity index (χ4v) is 1.12. The van der Waals surface area contributed by atoms with Gasteiger partial charge < -0.3 is 4.79 Å². The molecule has 1 unspecified atom stereocenters. The molecule has 1 rings (SSSR count). The van der Waals surface area contributed by atoms with Gasteiger partial charge in [0, 0.05) is 0 Å². The minimum absolute atomic E-state index is 0.00858. The van der Waals surface area contributed by atoms with Crippen LogP contribution < -0.4 is 0 Å². The quantitative estimate of drug-likeness (QED) is 0.546. The van der Waals surface area contributed by atoms with Gasteiger partial charge in [0.25, 0.3) is 0 Å². The van der Waals surface area contributed by atoms with Crippen molar-refractivity contribution in [2.24, 2.45) is 0 Å². The molecule has 0 radical (unpaired) electrons. The van der Waals surface area contributed by atoms with Gasteiger partial charge in [-0.1, -0.05) is 0 Å². The maximum Gasteiger partial charge on any atom is 0.138 e. The molecule has 0 heterocycles. The molecule has 0 aliphatic carbocycles. The van der Waals surface area contributed by atoms with Crippen LogP contribution >= 0.6 is 11.6 Å². The molecule has 0 aromatic heterocycles. The Morgan fingerprint density at radius 1 is 1.46 bits per heavy atom. The van der Waals surface area contributed by atoms with Crippen molar-refractivity contribution in [3.8, 4) is 0 Å². The highest BCUT2D eigenvalue weighted by atomic mass is 35.5. The third-order valence-corrected chi connectivity index (χ3v) is 1.83. The van der Waals surface area contributed by atoms with Crippen molar-refractivity contribution < 1.29 is 13.6 Å². The minimum Gasteiger partial charge on any atom is -0.302 e. The third-order valence-electron chi connectivity index (χ3n) is 1.57. The van der Waals surface area contributed by atoms with Gasteiger partial charge in [0.2, 0.25) is 0 Å². The van der Waals surface area contributed by atoms with Crippen molar-refractivity contribution in [2.75, 3.05) is 0 Å². The Morgan fingerprint density at radius 3 is 2.77 bits per heavy atom. The molecule has 0 bridgehead atoms. The fourth-order valence-electron chi connectivity index (χ4n) is 0.958. The zero-order valence-corrected chi connectivity index (χ0v) is 7.39. The molecule has 0 aliphatic rings. The van der Waals surface area contributed by atoms with Gasteiger partial charge in [0.1, 0.15) is 17.9 Å². The van der Waals surface area contributed by atoms with Crippen LogP contribution in [0.1, 0.15) is 5.56 Å². The number of halogens is 3. The maximum atomic E-state index is 12.9. The van der Waals surface area contributed by atoms with E-state index >= 15 is 0 Å². The number of carbonyl (C=O) groups excluding carboxylic acids is 1. The van der Waals surface area contributed by atoms with Crippen LogP contribution in [0, 0.1) is 11.6 Å². The van der Waals surface area contributed by atoms with Crippen LogP contribution in [0.15, 0.2) is 18.2 Å². The molecular formula is C9H7ClF2O. The number of hydrogen-bond donors (Lipinski definition) is 0. The van der Waals surface area contributed by atoms with Gasteiger partial charge in [-0.25, -0.2) is 8.78 Å². The number of carbonyl (C=O) groups is 1. The molecule has 1 nitrogen and oxygen atoms in total. The van der Waals surface area contributed by atoms with E-state index in [1.807, 2.05) is 0 Å². The van der Waals surface area contributed by atoms with E-state index in [9.17, 15) is 13.6 Å². The second-order valence-electron chi connectivity index (χ2n) is 2.59. The molecule has 1 atom stereocenters. The van der Waals surface area contributed by atoms with Crippen LogP contribution in [0.2, 0.25) is 0 Å². The highest BCUT2D eigenvalue weighted by Gasteiger charge is 2.09. The summed E-state index contributed by atoms with van der Waals surface area (Å²) in [6.45, 7) is 0. The lowest BCUT2D eigenvalue weighted by Crippen LogP contribution is -2.06. The van der Waals surface area contributed by atoms with Gasteiger partial charge in [-0.15, -0.1) is 11.6 Å². The lowest BCUT2D eigenvalue weighted by Gasteiger charge is -2.03. The van der Waals surface area contributed by atoms with Gasteiger partial charge in [0.05, 0.1) is 5.38 Å². The molecule has 1 aromatic carbocycles.